The Balaban J connectivity index is 0.782. The molecule has 0 spiro atoms. The number of rotatable bonds is 40. The maximum Gasteiger partial charge on any atom is 0.343 e. The van der Waals surface area contributed by atoms with Gasteiger partial charge in [-0.25, -0.2) is 24.4 Å². The van der Waals surface area contributed by atoms with Crippen molar-refractivity contribution in [1.82, 2.24) is 4.98 Å². The third-order valence-corrected chi connectivity index (χ3v) is 17.2. The molecule has 0 radical (unpaired) electrons. The lowest BCUT2D eigenvalue weighted by Crippen LogP contribution is -2.27. The summed E-state index contributed by atoms with van der Waals surface area (Å²) in [5.41, 5.74) is 1.64. The first-order chi connectivity index (χ1) is 45.5. The topological polar surface area (TPSA) is 215 Å². The molecular weight excluding hydrogens is 1210 g/mol. The summed E-state index contributed by atoms with van der Waals surface area (Å²) in [5.74, 6) is 1.23. The van der Waals surface area contributed by atoms with Crippen molar-refractivity contribution >= 4 is 62.7 Å². The van der Waals surface area contributed by atoms with E-state index in [1.165, 1.54) is 6.08 Å². The summed E-state index contributed by atoms with van der Waals surface area (Å²) in [5, 5.41) is 7.60. The lowest BCUT2D eigenvalue weighted by Gasteiger charge is -2.26. The zero-order valence-corrected chi connectivity index (χ0v) is 54.1. The lowest BCUT2D eigenvalue weighted by molar-refractivity contribution is -0.218. The smallest absolute Gasteiger partial charge is 0.343 e. The van der Waals surface area contributed by atoms with Crippen LogP contribution in [0.5, 0.6) is 40.2 Å². The number of carbonyl (C=O) groups excluding carboxylic acids is 5. The van der Waals surface area contributed by atoms with E-state index in [2.05, 4.69) is 20.1 Å². The van der Waals surface area contributed by atoms with Crippen LogP contribution in [0.3, 0.4) is 0 Å². The second-order valence-corrected chi connectivity index (χ2v) is 24.2. The molecule has 93 heavy (non-hydrogen) atoms. The van der Waals surface area contributed by atoms with Gasteiger partial charge in [-0.1, -0.05) is 62.8 Å². The Labute approximate surface area is 549 Å². The summed E-state index contributed by atoms with van der Waals surface area (Å²) in [6.07, 6.45) is 20.9. The summed E-state index contributed by atoms with van der Waals surface area (Å²) < 4.78 is 40.3. The minimum atomic E-state index is -0.616. The molecule has 1 aromatic heterocycles. The second kappa shape index (κ2) is 39.1. The molecule has 1 heterocycles. The zero-order chi connectivity index (χ0) is 65.2. The van der Waals surface area contributed by atoms with Crippen LogP contribution in [0.1, 0.15) is 151 Å². The van der Waals surface area contributed by atoms with Gasteiger partial charge in [0.25, 0.3) is 0 Å². The molecule has 0 saturated heterocycles. The van der Waals surface area contributed by atoms with Crippen LogP contribution in [0, 0.1) is 23.7 Å². The van der Waals surface area contributed by atoms with Crippen LogP contribution in [-0.2, 0) is 38.4 Å². The molecule has 496 valence electrons. The van der Waals surface area contributed by atoms with E-state index in [4.69, 9.17) is 62.8 Å². The number of fused-ring (bicyclic) bond motifs is 1. The molecule has 2 aliphatic rings. The van der Waals surface area contributed by atoms with Crippen molar-refractivity contribution in [3.63, 3.8) is 0 Å². The molecule has 20 heteroatoms. The molecule has 0 atom stereocenters. The second-order valence-electron chi connectivity index (χ2n) is 23.2. The Morgan fingerprint density at radius 1 is 0.538 bits per heavy atom. The Morgan fingerprint density at radius 3 is 1.58 bits per heavy atom. The van der Waals surface area contributed by atoms with Crippen molar-refractivity contribution in [2.24, 2.45) is 28.8 Å². The number of hydrogen-bond acceptors (Lipinski definition) is 20. The van der Waals surface area contributed by atoms with Crippen LogP contribution < -0.4 is 38.5 Å². The summed E-state index contributed by atoms with van der Waals surface area (Å²) >= 11 is 1.56. The number of ether oxygens (including phenoxy) is 7. The molecule has 0 N–H and O–H groups in total. The highest BCUT2D eigenvalue weighted by atomic mass is 32.1. The first-order valence-corrected chi connectivity index (χ1v) is 33.5. The zero-order valence-electron chi connectivity index (χ0n) is 53.3. The van der Waals surface area contributed by atoms with Crippen LogP contribution in [0.25, 0.3) is 10.2 Å². The van der Waals surface area contributed by atoms with Gasteiger partial charge in [0.2, 0.25) is 5.13 Å². The molecule has 6 aromatic rings. The first kappa shape index (κ1) is 70.3. The fourth-order valence-corrected chi connectivity index (χ4v) is 11.6. The predicted molar refractivity (Wildman–Crippen MR) is 355 cm³/mol. The van der Waals surface area contributed by atoms with Crippen LogP contribution in [0.15, 0.2) is 146 Å². The van der Waals surface area contributed by atoms with Crippen molar-refractivity contribution in [2.45, 2.75) is 135 Å². The number of esters is 5. The number of unbranched alkanes of at least 4 members (excludes halogenated alkanes) is 9. The van der Waals surface area contributed by atoms with E-state index < -0.39 is 17.9 Å². The molecule has 2 saturated carbocycles. The van der Waals surface area contributed by atoms with Crippen molar-refractivity contribution < 1.29 is 76.7 Å². The molecule has 0 unspecified atom stereocenters. The molecule has 8 rings (SSSR count). The van der Waals surface area contributed by atoms with Crippen LogP contribution in [0.2, 0.25) is 0 Å². The van der Waals surface area contributed by atoms with Gasteiger partial charge in [0.15, 0.2) is 11.5 Å². The molecular formula is C73H87N3O16S. The number of nitrogens with zero attached hydrogens (tertiary/aromatic N) is 3. The summed E-state index contributed by atoms with van der Waals surface area (Å²) in [6, 6.07) is 33.6. The molecule has 2 aliphatic carbocycles. The fraction of sp³-hybridized carbons (Fsp3) is 0.438. The van der Waals surface area contributed by atoms with E-state index in [1.54, 1.807) is 96.4 Å². The molecule has 0 bridgehead atoms. The van der Waals surface area contributed by atoms with E-state index in [0.29, 0.717) is 99.6 Å². The van der Waals surface area contributed by atoms with Gasteiger partial charge in [-0.05, 0) is 224 Å². The Kier molecular flexibility index (Phi) is 29.5. The minimum absolute atomic E-state index is 0.139. The van der Waals surface area contributed by atoms with Gasteiger partial charge in [0.1, 0.15) is 28.7 Å². The van der Waals surface area contributed by atoms with E-state index in [9.17, 15) is 24.0 Å². The molecule has 19 nitrogen and oxygen atoms in total. The molecule has 5 aromatic carbocycles. The number of anilines is 1. The average Bonchev–Trinajstić information content (AvgIpc) is 1.97. The van der Waals surface area contributed by atoms with Crippen LogP contribution >= 0.6 is 11.3 Å². The highest BCUT2D eigenvalue weighted by Crippen LogP contribution is 2.35. The molecule has 0 amide bonds. The number of benzene rings is 5. The Hall–Kier alpha value is -8.59. The third-order valence-electron chi connectivity index (χ3n) is 16.1. The maximum atomic E-state index is 13.7. The highest BCUT2D eigenvalue weighted by molar-refractivity contribution is 7.22. The minimum Gasteiger partial charge on any atom is -0.494 e. The predicted octanol–water partition coefficient (Wildman–Crippen LogP) is 15.7. The molecule has 0 aliphatic heterocycles. The Bertz CT molecular complexity index is 3290. The van der Waals surface area contributed by atoms with E-state index >= 15 is 0 Å². The van der Waals surface area contributed by atoms with Crippen LogP contribution in [0.4, 0.5) is 5.13 Å². The lowest BCUT2D eigenvalue weighted by atomic mass is 9.82. The van der Waals surface area contributed by atoms with E-state index in [0.717, 1.165) is 130 Å². The summed E-state index contributed by atoms with van der Waals surface area (Å²) in [7, 11) is 0. The van der Waals surface area contributed by atoms with Gasteiger partial charge in [-0.15, -0.1) is 0 Å². The quantitative estimate of drug-likeness (QED) is 0.00665. The van der Waals surface area contributed by atoms with Gasteiger partial charge in [-0.2, -0.15) is 14.9 Å². The van der Waals surface area contributed by atoms with Gasteiger partial charge in [0.05, 0.1) is 73.5 Å². The number of hydrogen-bond donors (Lipinski definition) is 0. The number of thiazole rings is 1. The largest absolute Gasteiger partial charge is 0.494 e. The van der Waals surface area contributed by atoms with Gasteiger partial charge >= 0.3 is 29.8 Å². The first-order valence-electron chi connectivity index (χ1n) is 32.7. The van der Waals surface area contributed by atoms with E-state index in [1.807, 2.05) is 41.4 Å². The number of para-hydroxylation sites is 1. The van der Waals surface area contributed by atoms with Gasteiger partial charge < -0.3 is 42.9 Å². The van der Waals surface area contributed by atoms with Gasteiger partial charge in [0, 0.05) is 24.3 Å². The molecule has 2 fully saturated rings. The maximum absolute atomic E-state index is 13.7. The van der Waals surface area contributed by atoms with Crippen molar-refractivity contribution in [3.8, 4) is 40.2 Å². The highest BCUT2D eigenvalue weighted by Gasteiger charge is 2.30. The SMILES string of the molecule is C=CC(=O)OCCCCCCOc1ccc(OOCC2CCC(C(=O)Oc3ccc(C(=O)Oc4ccc(OOCC5CCC(C(=O)Oc6ccc(OCCCCCCOC(=O)C=C)cc6)CC5)c(/C=N/N(CCCCCC)c5nc6ccccc6s5)c4)cc3)CC2)cc1. The number of aromatic nitrogens is 1. The van der Waals surface area contributed by atoms with E-state index in [-0.39, 0.29) is 53.5 Å². The monoisotopic (exact) mass is 1290 g/mol. The fourth-order valence-electron chi connectivity index (χ4n) is 10.7. The number of carbonyl (C=O) groups is 5. The van der Waals surface area contributed by atoms with Gasteiger partial charge in [-0.3, -0.25) is 9.59 Å². The van der Waals surface area contributed by atoms with Crippen molar-refractivity contribution in [2.75, 3.05) is 51.2 Å². The summed E-state index contributed by atoms with van der Waals surface area (Å²) in [6.45, 7) is 12.2. The standard InChI is InChI=1S/C73H87N3O16S/c1-4-7-8-15-44-76(73-75-65-20-13-14-21-67(65)93-73)74-50-58-49-64(42-43-66(58)92-87-52-54-24-28-56(29-25-54)71(80)89-62-38-34-59(35-39-62)82-45-16-9-11-18-47-84-68(77)5-2)90-72(81)57-30-32-61(33-31-57)88-70(79)55-26-22-53(23-27-55)51-86-91-63-40-36-60(37-41-63)83-46-17-10-12-19-48-85-69(78)6-3/h5-6,13-14,20-21,30-43,49-50,53-56H,2-4,7-12,15-19,22-29,44-48,51-52H2,1H3/b74-50+. The van der Waals surface area contributed by atoms with Crippen molar-refractivity contribution in [1.29, 1.82) is 0 Å². The summed E-state index contributed by atoms with van der Waals surface area (Å²) in [4.78, 5) is 90.6. The normalized spacial score (nSPS) is 16.2. The average molecular weight is 1290 g/mol. The van der Waals surface area contributed by atoms with Crippen LogP contribution in [-0.4, -0.2) is 87.2 Å². The Morgan fingerprint density at radius 2 is 1.03 bits per heavy atom. The number of hydrazone groups is 1. The third kappa shape index (κ3) is 24.4. The van der Waals surface area contributed by atoms with Crippen molar-refractivity contribution in [3.05, 3.63) is 152 Å².